The lowest BCUT2D eigenvalue weighted by molar-refractivity contribution is 0.0692. The van der Waals surface area contributed by atoms with E-state index in [1.165, 1.54) is 25.6 Å². The number of H-pyrrole nitrogens is 1. The Bertz CT molecular complexity index is 624. The molecule has 0 spiro atoms. The fourth-order valence-corrected chi connectivity index (χ4v) is 2.93. The summed E-state index contributed by atoms with van der Waals surface area (Å²) in [7, 11) is 0. The third-order valence-electron chi connectivity index (χ3n) is 3.87. The number of nitrogens with zero attached hydrogens (tertiary/aromatic N) is 4. The summed E-state index contributed by atoms with van der Waals surface area (Å²) in [4.78, 5) is 18.0. The molecule has 1 fully saturated rings. The molecule has 106 valence electrons. The van der Waals surface area contributed by atoms with Crippen LogP contribution in [-0.4, -0.2) is 35.8 Å². The second-order valence-electron chi connectivity index (χ2n) is 5.16. The molecule has 0 amide bonds. The molecule has 0 aromatic carbocycles. The predicted octanol–water partition coefficient (Wildman–Crippen LogP) is 2.18. The van der Waals surface area contributed by atoms with Crippen LogP contribution in [0.15, 0.2) is 6.33 Å². The predicted molar refractivity (Wildman–Crippen MR) is 71.4 cm³/mol. The Morgan fingerprint density at radius 2 is 2.10 bits per heavy atom. The monoisotopic (exact) mass is 275 g/mol. The van der Waals surface area contributed by atoms with Gasteiger partial charge in [0.05, 0.1) is 6.33 Å². The molecule has 3 rings (SSSR count). The Balaban J connectivity index is 2.06. The summed E-state index contributed by atoms with van der Waals surface area (Å²) in [6.07, 6.45) is 7.18. The van der Waals surface area contributed by atoms with Crippen LogP contribution in [0.3, 0.4) is 0 Å². The van der Waals surface area contributed by atoms with E-state index in [-0.39, 0.29) is 5.69 Å². The smallest absolute Gasteiger partial charge is 0.354 e. The molecular weight excluding hydrogens is 258 g/mol. The molecule has 0 radical (unpaired) electrons. The normalized spacial score (nSPS) is 16.4. The van der Waals surface area contributed by atoms with Crippen molar-refractivity contribution in [1.82, 2.24) is 24.7 Å². The number of hydrogen-bond donors (Lipinski definition) is 2. The number of aryl methyl sites for hydroxylation is 1. The second-order valence-corrected chi connectivity index (χ2v) is 5.16. The van der Waals surface area contributed by atoms with Crippen LogP contribution in [0.2, 0.25) is 0 Å². The van der Waals surface area contributed by atoms with Gasteiger partial charge in [-0.1, -0.05) is 19.3 Å². The zero-order chi connectivity index (χ0) is 14.1. The van der Waals surface area contributed by atoms with E-state index in [4.69, 9.17) is 0 Å². The summed E-state index contributed by atoms with van der Waals surface area (Å²) < 4.78 is 2.04. The maximum Gasteiger partial charge on any atom is 0.354 e. The molecule has 2 heterocycles. The Morgan fingerprint density at radius 3 is 2.80 bits per heavy atom. The zero-order valence-corrected chi connectivity index (χ0v) is 11.3. The number of aromatic carboxylic acids is 1. The Morgan fingerprint density at radius 1 is 1.35 bits per heavy atom. The quantitative estimate of drug-likeness (QED) is 0.894. The van der Waals surface area contributed by atoms with Gasteiger partial charge in [0.15, 0.2) is 11.5 Å². The first-order chi connectivity index (χ1) is 9.68. The largest absolute Gasteiger partial charge is 0.477 e. The van der Waals surface area contributed by atoms with Gasteiger partial charge in [0.25, 0.3) is 0 Å². The Labute approximate surface area is 116 Å². The molecule has 0 saturated heterocycles. The summed E-state index contributed by atoms with van der Waals surface area (Å²) in [5.41, 5.74) is 0.429. The average molecular weight is 275 g/mol. The average Bonchev–Trinajstić information content (AvgIpc) is 3.05. The summed E-state index contributed by atoms with van der Waals surface area (Å²) in [5.74, 6) is 0.327. The van der Waals surface area contributed by atoms with E-state index in [0.29, 0.717) is 17.6 Å². The van der Waals surface area contributed by atoms with Gasteiger partial charge in [-0.3, -0.25) is 0 Å². The van der Waals surface area contributed by atoms with Crippen LogP contribution >= 0.6 is 0 Å². The molecule has 2 N–H and O–H groups in total. The standard InChI is InChI=1S/C13H17N5O2/c1-8-16-17-12(10-11(13(19)20)15-7-14-10)18(8)9-5-3-2-4-6-9/h7,9H,2-6H2,1H3,(H,14,15)(H,19,20). The molecule has 7 nitrogen and oxygen atoms in total. The number of hydrogen-bond acceptors (Lipinski definition) is 4. The van der Waals surface area contributed by atoms with Crippen LogP contribution in [0, 0.1) is 6.92 Å². The molecule has 0 aliphatic heterocycles. The highest BCUT2D eigenvalue weighted by atomic mass is 16.4. The van der Waals surface area contributed by atoms with Gasteiger partial charge >= 0.3 is 5.97 Å². The Hall–Kier alpha value is -2.18. The summed E-state index contributed by atoms with van der Waals surface area (Å²) in [6.45, 7) is 1.90. The zero-order valence-electron chi connectivity index (χ0n) is 11.3. The van der Waals surface area contributed by atoms with Crippen LogP contribution in [-0.2, 0) is 0 Å². The molecule has 20 heavy (non-hydrogen) atoms. The van der Waals surface area contributed by atoms with Gasteiger partial charge in [-0.2, -0.15) is 0 Å². The molecule has 0 bridgehead atoms. The van der Waals surface area contributed by atoms with E-state index in [9.17, 15) is 9.90 Å². The van der Waals surface area contributed by atoms with Crippen LogP contribution in [0.4, 0.5) is 0 Å². The van der Waals surface area contributed by atoms with Gasteiger partial charge in [-0.15, -0.1) is 10.2 Å². The number of aromatic amines is 1. The van der Waals surface area contributed by atoms with Crippen molar-refractivity contribution in [3.8, 4) is 11.5 Å². The molecule has 0 unspecified atom stereocenters. The van der Waals surface area contributed by atoms with Gasteiger partial charge in [0.2, 0.25) is 0 Å². The lowest BCUT2D eigenvalue weighted by Gasteiger charge is -2.24. The topological polar surface area (TPSA) is 96.7 Å². The summed E-state index contributed by atoms with van der Waals surface area (Å²) in [6, 6.07) is 0.340. The van der Waals surface area contributed by atoms with Crippen molar-refractivity contribution in [3.05, 3.63) is 17.8 Å². The highest BCUT2D eigenvalue weighted by Crippen LogP contribution is 2.32. The molecule has 0 atom stereocenters. The van der Waals surface area contributed by atoms with Gasteiger partial charge < -0.3 is 14.7 Å². The van der Waals surface area contributed by atoms with Crippen molar-refractivity contribution in [2.45, 2.75) is 45.1 Å². The fourth-order valence-electron chi connectivity index (χ4n) is 2.93. The molecule has 7 heteroatoms. The van der Waals surface area contributed by atoms with Crippen LogP contribution < -0.4 is 0 Å². The molecule has 2 aromatic rings. The third kappa shape index (κ3) is 2.09. The fraction of sp³-hybridized carbons (Fsp3) is 0.538. The lowest BCUT2D eigenvalue weighted by Crippen LogP contribution is -2.16. The van der Waals surface area contributed by atoms with E-state index in [0.717, 1.165) is 18.7 Å². The minimum Gasteiger partial charge on any atom is -0.477 e. The van der Waals surface area contributed by atoms with Gasteiger partial charge in [0, 0.05) is 6.04 Å². The second kappa shape index (κ2) is 5.07. The van der Waals surface area contributed by atoms with E-state index in [1.54, 1.807) is 0 Å². The van der Waals surface area contributed by atoms with Crippen LogP contribution in [0.25, 0.3) is 11.5 Å². The number of aromatic nitrogens is 5. The van der Waals surface area contributed by atoms with E-state index < -0.39 is 5.97 Å². The number of carboxylic acid groups (broad SMARTS) is 1. The van der Waals surface area contributed by atoms with Crippen LogP contribution in [0.1, 0.15) is 54.5 Å². The first-order valence-electron chi connectivity index (χ1n) is 6.87. The maximum absolute atomic E-state index is 11.2. The first kappa shape index (κ1) is 12.8. The molecule has 2 aromatic heterocycles. The van der Waals surface area contributed by atoms with Gasteiger partial charge in [0.1, 0.15) is 11.5 Å². The van der Waals surface area contributed by atoms with Crippen molar-refractivity contribution in [3.63, 3.8) is 0 Å². The van der Waals surface area contributed by atoms with Crippen molar-refractivity contribution in [2.75, 3.05) is 0 Å². The number of nitrogens with one attached hydrogen (secondary N) is 1. The molecule has 1 aliphatic carbocycles. The number of rotatable bonds is 3. The Kier molecular flexibility index (Phi) is 3.25. The summed E-state index contributed by atoms with van der Waals surface area (Å²) in [5, 5.41) is 17.5. The van der Waals surface area contributed by atoms with Gasteiger partial charge in [-0.05, 0) is 19.8 Å². The van der Waals surface area contributed by atoms with Crippen molar-refractivity contribution >= 4 is 5.97 Å². The molecule has 1 saturated carbocycles. The van der Waals surface area contributed by atoms with Crippen LogP contribution in [0.5, 0.6) is 0 Å². The minimum absolute atomic E-state index is 0.0643. The van der Waals surface area contributed by atoms with Crippen molar-refractivity contribution in [2.24, 2.45) is 0 Å². The minimum atomic E-state index is -1.03. The SMILES string of the molecule is Cc1nnc(-c2nc[nH]c2C(=O)O)n1C1CCCCC1. The molecule has 1 aliphatic rings. The van der Waals surface area contributed by atoms with Crippen molar-refractivity contribution in [1.29, 1.82) is 0 Å². The van der Waals surface area contributed by atoms with Crippen molar-refractivity contribution < 1.29 is 9.90 Å². The summed E-state index contributed by atoms with van der Waals surface area (Å²) >= 11 is 0. The number of carboxylic acids is 1. The van der Waals surface area contributed by atoms with E-state index >= 15 is 0 Å². The molecular formula is C13H17N5O2. The lowest BCUT2D eigenvalue weighted by atomic mass is 9.95. The third-order valence-corrected chi connectivity index (χ3v) is 3.87. The number of imidazole rings is 1. The number of carbonyl (C=O) groups is 1. The maximum atomic E-state index is 11.2. The van der Waals surface area contributed by atoms with Gasteiger partial charge in [-0.25, -0.2) is 9.78 Å². The van der Waals surface area contributed by atoms with E-state index in [1.807, 2.05) is 11.5 Å². The highest BCUT2D eigenvalue weighted by molar-refractivity contribution is 5.91. The highest BCUT2D eigenvalue weighted by Gasteiger charge is 2.26. The first-order valence-corrected chi connectivity index (χ1v) is 6.87. The van der Waals surface area contributed by atoms with E-state index in [2.05, 4.69) is 20.2 Å².